The van der Waals surface area contributed by atoms with Crippen molar-refractivity contribution in [1.29, 1.82) is 0 Å². The van der Waals surface area contributed by atoms with Crippen LogP contribution in [0.2, 0.25) is 0 Å². The van der Waals surface area contributed by atoms with Crippen LogP contribution in [0.25, 0.3) is 0 Å². The molecule has 0 saturated heterocycles. The van der Waals surface area contributed by atoms with Crippen molar-refractivity contribution in [3.63, 3.8) is 0 Å². The molecule has 1 amide bonds. The van der Waals surface area contributed by atoms with E-state index in [2.05, 4.69) is 19.2 Å². The molecule has 0 spiro atoms. The van der Waals surface area contributed by atoms with Gasteiger partial charge in [0.25, 0.3) is 5.91 Å². The van der Waals surface area contributed by atoms with E-state index < -0.39 is 0 Å². The molecule has 24 heavy (non-hydrogen) atoms. The summed E-state index contributed by atoms with van der Waals surface area (Å²) in [4.78, 5) is 12.5. The molecule has 1 N–H and O–H groups in total. The number of hydrogen-bond donors (Lipinski definition) is 1. The van der Waals surface area contributed by atoms with Gasteiger partial charge < -0.3 is 14.8 Å². The highest BCUT2D eigenvalue weighted by molar-refractivity contribution is 5.94. The van der Waals surface area contributed by atoms with E-state index in [1.807, 2.05) is 36.4 Å². The van der Waals surface area contributed by atoms with Gasteiger partial charge in [-0.2, -0.15) is 0 Å². The largest absolute Gasteiger partial charge is 0.493 e. The molecule has 4 nitrogen and oxygen atoms in total. The molecule has 3 rings (SSSR count). The van der Waals surface area contributed by atoms with Gasteiger partial charge in [-0.15, -0.1) is 0 Å². The first-order valence-corrected chi connectivity index (χ1v) is 8.39. The quantitative estimate of drug-likeness (QED) is 0.904. The van der Waals surface area contributed by atoms with Gasteiger partial charge in [-0.05, 0) is 36.2 Å². The van der Waals surface area contributed by atoms with E-state index in [0.717, 1.165) is 23.5 Å². The lowest BCUT2D eigenvalue weighted by atomic mass is 10.00. The fraction of sp³-hybridized carbons (Fsp3) is 0.350. The molecular formula is C20H23NO3. The van der Waals surface area contributed by atoms with Crippen molar-refractivity contribution in [2.75, 3.05) is 13.2 Å². The summed E-state index contributed by atoms with van der Waals surface area (Å²) in [5, 5.41) is 3.10. The minimum atomic E-state index is -0.0767. The van der Waals surface area contributed by atoms with Crippen LogP contribution in [-0.4, -0.2) is 19.1 Å². The van der Waals surface area contributed by atoms with Gasteiger partial charge in [0.05, 0.1) is 19.3 Å². The van der Waals surface area contributed by atoms with Gasteiger partial charge in [-0.25, -0.2) is 0 Å². The van der Waals surface area contributed by atoms with Crippen LogP contribution < -0.4 is 14.8 Å². The fourth-order valence-corrected chi connectivity index (χ4v) is 2.70. The van der Waals surface area contributed by atoms with Crippen molar-refractivity contribution in [3.8, 4) is 11.5 Å². The number of ether oxygens (including phenoxy) is 2. The Balaban J connectivity index is 1.65. The molecule has 0 aliphatic carbocycles. The molecule has 2 aromatic carbocycles. The Kier molecular flexibility index (Phi) is 5.04. The molecule has 0 saturated carbocycles. The average molecular weight is 325 g/mol. The minimum absolute atomic E-state index is 0.0145. The number of benzene rings is 2. The molecule has 2 aromatic rings. The summed E-state index contributed by atoms with van der Waals surface area (Å²) in [6, 6.07) is 15.1. The number of hydrogen-bond acceptors (Lipinski definition) is 3. The van der Waals surface area contributed by atoms with E-state index in [1.165, 1.54) is 0 Å². The third-order valence-corrected chi connectivity index (χ3v) is 3.96. The molecule has 0 fully saturated rings. The highest BCUT2D eigenvalue weighted by Gasteiger charge is 2.23. The van der Waals surface area contributed by atoms with Crippen LogP contribution in [0.4, 0.5) is 0 Å². The first-order valence-electron chi connectivity index (χ1n) is 8.39. The van der Waals surface area contributed by atoms with Crippen molar-refractivity contribution < 1.29 is 14.3 Å². The number of para-hydroxylation sites is 1. The first-order chi connectivity index (χ1) is 11.6. The van der Waals surface area contributed by atoms with Crippen LogP contribution in [0.15, 0.2) is 48.5 Å². The molecule has 4 heteroatoms. The molecule has 126 valence electrons. The second-order valence-corrected chi connectivity index (χ2v) is 6.43. The van der Waals surface area contributed by atoms with Crippen LogP contribution in [0.1, 0.15) is 42.2 Å². The normalized spacial score (nSPS) is 16.2. The maximum atomic E-state index is 12.5. The standard InChI is InChI=1S/C20H23NO3/c1-14(2)13-24-16-9-7-15(8-10-16)20(22)21-18-11-12-23-19-6-4-3-5-17(18)19/h3-10,14,18H,11-13H2,1-2H3,(H,21,22)/t18-/m0/s1. The Morgan fingerprint density at radius 3 is 2.71 bits per heavy atom. The number of fused-ring (bicyclic) bond motifs is 1. The summed E-state index contributed by atoms with van der Waals surface area (Å²) in [5.74, 6) is 2.04. The van der Waals surface area contributed by atoms with Crippen molar-refractivity contribution in [1.82, 2.24) is 5.32 Å². The highest BCUT2D eigenvalue weighted by Crippen LogP contribution is 2.31. The van der Waals surface area contributed by atoms with Crippen LogP contribution in [0.3, 0.4) is 0 Å². The zero-order chi connectivity index (χ0) is 16.9. The Labute approximate surface area is 142 Å². The van der Waals surface area contributed by atoms with Crippen LogP contribution >= 0.6 is 0 Å². The minimum Gasteiger partial charge on any atom is -0.493 e. The summed E-state index contributed by atoms with van der Waals surface area (Å²) in [6.45, 7) is 5.50. The second kappa shape index (κ2) is 7.39. The summed E-state index contributed by atoms with van der Waals surface area (Å²) in [7, 11) is 0. The van der Waals surface area contributed by atoms with Crippen LogP contribution in [0, 0.1) is 5.92 Å². The number of amides is 1. The molecule has 0 unspecified atom stereocenters. The van der Waals surface area contributed by atoms with E-state index in [4.69, 9.17) is 9.47 Å². The fourth-order valence-electron chi connectivity index (χ4n) is 2.70. The first kappa shape index (κ1) is 16.4. The van der Waals surface area contributed by atoms with E-state index in [-0.39, 0.29) is 11.9 Å². The van der Waals surface area contributed by atoms with E-state index >= 15 is 0 Å². The zero-order valence-corrected chi connectivity index (χ0v) is 14.1. The lowest BCUT2D eigenvalue weighted by molar-refractivity contribution is 0.0924. The second-order valence-electron chi connectivity index (χ2n) is 6.43. The van der Waals surface area contributed by atoms with Crippen molar-refractivity contribution >= 4 is 5.91 Å². The number of rotatable bonds is 5. The molecule has 1 atom stereocenters. The maximum absolute atomic E-state index is 12.5. The van der Waals surface area contributed by atoms with E-state index in [9.17, 15) is 4.79 Å². The lowest BCUT2D eigenvalue weighted by Crippen LogP contribution is -2.32. The maximum Gasteiger partial charge on any atom is 0.251 e. The van der Waals surface area contributed by atoms with Gasteiger partial charge in [0.15, 0.2) is 0 Å². The molecule has 0 radical (unpaired) electrons. The molecule has 0 bridgehead atoms. The van der Waals surface area contributed by atoms with Gasteiger partial charge in [0.1, 0.15) is 11.5 Å². The molecular weight excluding hydrogens is 302 g/mol. The third kappa shape index (κ3) is 3.88. The Hall–Kier alpha value is -2.49. The predicted molar refractivity (Wildman–Crippen MR) is 93.5 cm³/mol. The van der Waals surface area contributed by atoms with Crippen molar-refractivity contribution in [3.05, 3.63) is 59.7 Å². The number of carbonyl (C=O) groups is 1. The van der Waals surface area contributed by atoms with Crippen molar-refractivity contribution in [2.45, 2.75) is 26.3 Å². The summed E-state index contributed by atoms with van der Waals surface area (Å²) < 4.78 is 11.3. The lowest BCUT2D eigenvalue weighted by Gasteiger charge is -2.26. The van der Waals surface area contributed by atoms with E-state index in [0.29, 0.717) is 24.7 Å². The zero-order valence-electron chi connectivity index (χ0n) is 14.1. The van der Waals surface area contributed by atoms with Gasteiger partial charge >= 0.3 is 0 Å². The summed E-state index contributed by atoms with van der Waals surface area (Å²) in [6.07, 6.45) is 0.776. The topological polar surface area (TPSA) is 47.6 Å². The molecule has 0 aromatic heterocycles. The third-order valence-electron chi connectivity index (χ3n) is 3.96. The van der Waals surface area contributed by atoms with Gasteiger partial charge in [-0.1, -0.05) is 32.0 Å². The van der Waals surface area contributed by atoms with Crippen LogP contribution in [0.5, 0.6) is 11.5 Å². The van der Waals surface area contributed by atoms with E-state index in [1.54, 1.807) is 12.1 Å². The van der Waals surface area contributed by atoms with Crippen LogP contribution in [-0.2, 0) is 0 Å². The number of carbonyl (C=O) groups excluding carboxylic acids is 1. The highest BCUT2D eigenvalue weighted by atomic mass is 16.5. The Morgan fingerprint density at radius 1 is 1.21 bits per heavy atom. The average Bonchev–Trinajstić information content (AvgIpc) is 2.60. The smallest absolute Gasteiger partial charge is 0.251 e. The summed E-state index contributed by atoms with van der Waals surface area (Å²) >= 11 is 0. The van der Waals surface area contributed by atoms with Gasteiger partial charge in [-0.3, -0.25) is 4.79 Å². The van der Waals surface area contributed by atoms with Crippen molar-refractivity contribution in [2.24, 2.45) is 5.92 Å². The Bertz CT molecular complexity index is 694. The Morgan fingerprint density at radius 2 is 1.96 bits per heavy atom. The summed E-state index contributed by atoms with van der Waals surface area (Å²) in [5.41, 5.74) is 1.67. The number of nitrogens with one attached hydrogen (secondary N) is 1. The monoisotopic (exact) mass is 325 g/mol. The molecule has 1 heterocycles. The molecule has 1 aliphatic rings. The predicted octanol–water partition coefficient (Wildman–Crippen LogP) is 3.98. The van der Waals surface area contributed by atoms with Gasteiger partial charge in [0, 0.05) is 17.5 Å². The van der Waals surface area contributed by atoms with Gasteiger partial charge in [0.2, 0.25) is 0 Å². The SMILES string of the molecule is CC(C)COc1ccc(C(=O)N[C@H]2CCOc3ccccc32)cc1. The molecule has 1 aliphatic heterocycles.